The lowest BCUT2D eigenvalue weighted by molar-refractivity contribution is 0.331. The van der Waals surface area contributed by atoms with Crippen molar-refractivity contribution >= 4 is 0 Å². The van der Waals surface area contributed by atoms with E-state index in [0.717, 1.165) is 22.3 Å². The summed E-state index contributed by atoms with van der Waals surface area (Å²) in [6, 6.07) is 0. The molecule has 0 radical (unpaired) electrons. The Balaban J connectivity index is 4.47. The highest BCUT2D eigenvalue weighted by Crippen LogP contribution is 2.00. The first-order chi connectivity index (χ1) is 10.5. The zero-order chi connectivity index (χ0) is 16.8. The summed E-state index contributed by atoms with van der Waals surface area (Å²) in [6.07, 6.45) is 19.7. The fourth-order valence-electron chi connectivity index (χ4n) is 1.36. The quantitative estimate of drug-likeness (QED) is 0.651. The Morgan fingerprint density at radius 2 is 0.955 bits per heavy atom. The fourth-order valence-corrected chi connectivity index (χ4v) is 1.36. The van der Waals surface area contributed by atoms with Gasteiger partial charge in [0.15, 0.2) is 0 Å². The molecular weight excluding hydrogens is 272 g/mol. The summed E-state index contributed by atoms with van der Waals surface area (Å²) in [7, 11) is 0. The fraction of sp³-hybridized carbons (Fsp3) is 0.300. The van der Waals surface area contributed by atoms with E-state index in [1.54, 1.807) is 0 Å². The second-order valence-electron chi connectivity index (χ2n) is 5.27. The average molecular weight is 300 g/mol. The minimum atomic E-state index is 0.0949. The molecule has 0 heterocycles. The van der Waals surface area contributed by atoms with E-state index >= 15 is 0 Å². The predicted molar refractivity (Wildman–Crippen MR) is 96.6 cm³/mol. The molecular formula is C20H28O2. The molecule has 0 aromatic carbocycles. The van der Waals surface area contributed by atoms with E-state index in [0.29, 0.717) is 0 Å². The van der Waals surface area contributed by atoms with Gasteiger partial charge in [0.1, 0.15) is 0 Å². The summed E-state index contributed by atoms with van der Waals surface area (Å²) in [6.45, 7) is 8.03. The number of aliphatic hydroxyl groups is 2. The van der Waals surface area contributed by atoms with Gasteiger partial charge >= 0.3 is 0 Å². The van der Waals surface area contributed by atoms with Crippen LogP contribution >= 0.6 is 0 Å². The van der Waals surface area contributed by atoms with Crippen LogP contribution in [-0.2, 0) is 0 Å². The first-order valence-electron chi connectivity index (χ1n) is 7.40. The summed E-state index contributed by atoms with van der Waals surface area (Å²) in [5, 5.41) is 17.8. The Kier molecular flexibility index (Phi) is 11.7. The van der Waals surface area contributed by atoms with Gasteiger partial charge in [-0.05, 0) is 38.8 Å². The molecule has 0 aromatic heterocycles. The number of hydrogen-bond acceptors (Lipinski definition) is 2. The molecule has 0 rings (SSSR count). The van der Waals surface area contributed by atoms with E-state index < -0.39 is 0 Å². The van der Waals surface area contributed by atoms with Gasteiger partial charge in [-0.25, -0.2) is 0 Å². The lowest BCUT2D eigenvalue weighted by atomic mass is 10.2. The van der Waals surface area contributed by atoms with E-state index in [-0.39, 0.29) is 13.2 Å². The van der Waals surface area contributed by atoms with Gasteiger partial charge in [-0.1, -0.05) is 71.9 Å². The van der Waals surface area contributed by atoms with Crippen molar-refractivity contribution in [1.82, 2.24) is 0 Å². The molecule has 0 aliphatic rings. The normalized spacial score (nSPS) is 15.7. The van der Waals surface area contributed by atoms with Crippen molar-refractivity contribution in [2.75, 3.05) is 13.2 Å². The van der Waals surface area contributed by atoms with Crippen LogP contribution in [0.1, 0.15) is 27.7 Å². The third-order valence-corrected chi connectivity index (χ3v) is 2.81. The largest absolute Gasteiger partial charge is 0.392 e. The molecule has 0 unspecified atom stereocenters. The molecule has 0 aliphatic carbocycles. The van der Waals surface area contributed by atoms with Crippen LogP contribution in [0.4, 0.5) is 0 Å². The van der Waals surface area contributed by atoms with Gasteiger partial charge in [-0.2, -0.15) is 0 Å². The molecule has 2 heteroatoms. The number of allylic oxidation sites excluding steroid dienone is 12. The number of rotatable bonds is 8. The Bertz CT molecular complexity index is 476. The molecule has 2 N–H and O–H groups in total. The van der Waals surface area contributed by atoms with Crippen molar-refractivity contribution < 1.29 is 10.2 Å². The van der Waals surface area contributed by atoms with Gasteiger partial charge in [-0.3, -0.25) is 0 Å². The zero-order valence-corrected chi connectivity index (χ0v) is 14.1. The Hall–Kier alpha value is -1.90. The van der Waals surface area contributed by atoms with Crippen LogP contribution in [0.5, 0.6) is 0 Å². The van der Waals surface area contributed by atoms with Gasteiger partial charge in [0.05, 0.1) is 13.2 Å². The maximum atomic E-state index is 8.88. The molecule has 2 nitrogen and oxygen atoms in total. The van der Waals surface area contributed by atoms with Crippen molar-refractivity contribution in [2.45, 2.75) is 27.7 Å². The lowest BCUT2D eigenvalue weighted by Crippen LogP contribution is -1.81. The van der Waals surface area contributed by atoms with E-state index in [9.17, 15) is 0 Å². The number of hydrogen-bond donors (Lipinski definition) is 2. The minimum absolute atomic E-state index is 0.0949. The predicted octanol–water partition coefficient (Wildman–Crippen LogP) is 4.42. The van der Waals surface area contributed by atoms with E-state index in [1.165, 1.54) is 0 Å². The van der Waals surface area contributed by atoms with E-state index in [4.69, 9.17) is 10.2 Å². The monoisotopic (exact) mass is 300 g/mol. The lowest BCUT2D eigenvalue weighted by Gasteiger charge is -1.91. The molecule has 0 bridgehead atoms. The summed E-state index contributed by atoms with van der Waals surface area (Å²) >= 11 is 0. The van der Waals surface area contributed by atoms with Crippen molar-refractivity contribution in [3.05, 3.63) is 83.1 Å². The summed E-state index contributed by atoms with van der Waals surface area (Å²) < 4.78 is 0. The van der Waals surface area contributed by atoms with Gasteiger partial charge in [-0.15, -0.1) is 0 Å². The van der Waals surface area contributed by atoms with Crippen LogP contribution in [0.3, 0.4) is 0 Å². The molecule has 0 amide bonds. The molecule has 0 fully saturated rings. The maximum absolute atomic E-state index is 8.88. The second kappa shape index (κ2) is 12.8. The molecule has 0 atom stereocenters. The zero-order valence-electron chi connectivity index (χ0n) is 14.1. The topological polar surface area (TPSA) is 40.5 Å². The van der Waals surface area contributed by atoms with Crippen molar-refractivity contribution in [3.8, 4) is 0 Å². The van der Waals surface area contributed by atoms with Gasteiger partial charge in [0.2, 0.25) is 0 Å². The van der Waals surface area contributed by atoms with E-state index in [1.807, 2.05) is 88.5 Å². The highest BCUT2D eigenvalue weighted by Gasteiger charge is 1.82. The van der Waals surface area contributed by atoms with Crippen LogP contribution in [0.25, 0.3) is 0 Å². The Morgan fingerprint density at radius 3 is 1.27 bits per heavy atom. The Morgan fingerprint density at radius 1 is 0.591 bits per heavy atom. The molecule has 0 aliphatic heterocycles. The van der Waals surface area contributed by atoms with Gasteiger partial charge in [0, 0.05) is 0 Å². The summed E-state index contributed by atoms with van der Waals surface area (Å²) in [5.74, 6) is 0. The van der Waals surface area contributed by atoms with Crippen molar-refractivity contribution in [3.63, 3.8) is 0 Å². The average Bonchev–Trinajstić information content (AvgIpc) is 2.51. The van der Waals surface area contributed by atoms with Crippen molar-refractivity contribution in [1.29, 1.82) is 0 Å². The van der Waals surface area contributed by atoms with Crippen LogP contribution < -0.4 is 0 Å². The molecule has 0 spiro atoms. The second-order valence-corrected chi connectivity index (χ2v) is 5.27. The van der Waals surface area contributed by atoms with Crippen molar-refractivity contribution in [2.24, 2.45) is 0 Å². The SMILES string of the molecule is CC(/C=C/C=C(\C)CO)=C\C=C\C=C(C)\C=C\C=C(/C)CO. The minimum Gasteiger partial charge on any atom is -0.392 e. The van der Waals surface area contributed by atoms with Gasteiger partial charge in [0.25, 0.3) is 0 Å². The molecule has 0 aromatic rings. The molecule has 120 valence electrons. The first kappa shape index (κ1) is 20.1. The molecule has 0 saturated carbocycles. The number of aliphatic hydroxyl groups excluding tert-OH is 2. The molecule has 0 saturated heterocycles. The third-order valence-electron chi connectivity index (χ3n) is 2.81. The summed E-state index contributed by atoms with van der Waals surface area (Å²) in [5.41, 5.74) is 4.16. The van der Waals surface area contributed by atoms with Crippen LogP contribution in [0, 0.1) is 0 Å². The highest BCUT2D eigenvalue weighted by atomic mass is 16.3. The molecule has 22 heavy (non-hydrogen) atoms. The van der Waals surface area contributed by atoms with E-state index in [2.05, 4.69) is 0 Å². The van der Waals surface area contributed by atoms with Gasteiger partial charge < -0.3 is 10.2 Å². The third kappa shape index (κ3) is 11.9. The van der Waals surface area contributed by atoms with Crippen LogP contribution in [0.2, 0.25) is 0 Å². The maximum Gasteiger partial charge on any atom is 0.0642 e. The smallest absolute Gasteiger partial charge is 0.0642 e. The Labute approximate surface area is 134 Å². The first-order valence-corrected chi connectivity index (χ1v) is 7.40. The van der Waals surface area contributed by atoms with Crippen LogP contribution in [-0.4, -0.2) is 23.4 Å². The standard InChI is InChI=1S/C20H28O2/c1-17(11-7-13-19(3)15-21)9-5-6-10-18(2)12-8-14-20(4)16-22/h5-14,21-22H,15-16H2,1-4H3/b6-5+,11-7+,12-8+,17-9+,18-10+,19-13+,20-14+. The highest BCUT2D eigenvalue weighted by molar-refractivity contribution is 5.29. The summed E-state index contributed by atoms with van der Waals surface area (Å²) in [4.78, 5) is 0. The van der Waals surface area contributed by atoms with Crippen LogP contribution in [0.15, 0.2) is 83.1 Å².